The lowest BCUT2D eigenvalue weighted by atomic mass is 9.89. The van der Waals surface area contributed by atoms with E-state index in [1.807, 2.05) is 11.3 Å². The topological polar surface area (TPSA) is 24.9 Å². The molecule has 2 aliphatic rings. The Morgan fingerprint density at radius 3 is 2.76 bits per heavy atom. The maximum absolute atomic E-state index is 4.98. The first kappa shape index (κ1) is 11.7. The second-order valence-electron chi connectivity index (χ2n) is 5.61. The molecular formula is C14H22N2S. The van der Waals surface area contributed by atoms with Crippen LogP contribution in [0.15, 0.2) is 0 Å². The van der Waals surface area contributed by atoms with Crippen molar-refractivity contribution in [1.29, 1.82) is 0 Å². The Hall–Kier alpha value is -0.410. The molecule has 0 amide bonds. The minimum Gasteiger partial charge on any atom is -0.308 e. The van der Waals surface area contributed by atoms with Crippen molar-refractivity contribution in [3.63, 3.8) is 0 Å². The summed E-state index contributed by atoms with van der Waals surface area (Å²) in [7, 11) is 2.11. The van der Waals surface area contributed by atoms with Gasteiger partial charge in [-0.1, -0.05) is 13.3 Å². The molecule has 0 aliphatic heterocycles. The minimum absolute atomic E-state index is 0.183. The first-order valence-electron chi connectivity index (χ1n) is 6.94. The summed E-state index contributed by atoms with van der Waals surface area (Å²) in [6, 6.07) is 0. The van der Waals surface area contributed by atoms with Crippen molar-refractivity contribution < 1.29 is 0 Å². The molecule has 0 bridgehead atoms. The number of nitrogens with zero attached hydrogens (tertiary/aromatic N) is 1. The van der Waals surface area contributed by atoms with Gasteiger partial charge < -0.3 is 5.32 Å². The predicted octanol–water partition coefficient (Wildman–Crippen LogP) is 3.26. The van der Waals surface area contributed by atoms with Crippen LogP contribution in [0.3, 0.4) is 0 Å². The molecule has 0 aromatic carbocycles. The van der Waals surface area contributed by atoms with Crippen LogP contribution in [-0.2, 0) is 18.4 Å². The number of thiazole rings is 1. The standard InChI is InChI=1S/C14H22N2S/c1-10-6-5-9-14(10,15-2)13-16-11-7-3-4-8-12(11)17-13/h10,15H,3-9H2,1-2H3. The molecule has 1 saturated carbocycles. The van der Waals surface area contributed by atoms with E-state index in [1.165, 1.54) is 55.6 Å². The predicted molar refractivity (Wildman–Crippen MR) is 72.5 cm³/mol. The number of rotatable bonds is 2. The van der Waals surface area contributed by atoms with Gasteiger partial charge in [-0.2, -0.15) is 0 Å². The molecule has 1 aromatic rings. The molecule has 1 fully saturated rings. The average Bonchev–Trinajstić information content (AvgIpc) is 2.92. The Labute approximate surface area is 108 Å². The largest absolute Gasteiger partial charge is 0.308 e. The summed E-state index contributed by atoms with van der Waals surface area (Å²) in [6.07, 6.45) is 9.10. The number of hydrogen-bond acceptors (Lipinski definition) is 3. The van der Waals surface area contributed by atoms with Gasteiger partial charge in [0.1, 0.15) is 5.01 Å². The van der Waals surface area contributed by atoms with Gasteiger partial charge in [0.05, 0.1) is 11.2 Å². The first-order chi connectivity index (χ1) is 8.26. The smallest absolute Gasteiger partial charge is 0.114 e. The highest BCUT2D eigenvalue weighted by atomic mass is 32.1. The van der Waals surface area contributed by atoms with E-state index >= 15 is 0 Å². The fraction of sp³-hybridized carbons (Fsp3) is 0.786. The number of aryl methyl sites for hydroxylation is 2. The third-order valence-electron chi connectivity index (χ3n) is 4.72. The number of hydrogen-bond donors (Lipinski definition) is 1. The van der Waals surface area contributed by atoms with Crippen LogP contribution in [0.2, 0.25) is 0 Å². The van der Waals surface area contributed by atoms with Crippen LogP contribution in [0.4, 0.5) is 0 Å². The van der Waals surface area contributed by atoms with Crippen LogP contribution in [-0.4, -0.2) is 12.0 Å². The van der Waals surface area contributed by atoms with Crippen LogP contribution in [0.1, 0.15) is 54.6 Å². The summed E-state index contributed by atoms with van der Waals surface area (Å²) in [5, 5.41) is 4.97. The van der Waals surface area contributed by atoms with E-state index in [2.05, 4.69) is 19.3 Å². The SMILES string of the molecule is CNC1(c2nc3c(s2)CCCC3)CCCC1C. The monoisotopic (exact) mass is 250 g/mol. The quantitative estimate of drug-likeness (QED) is 0.871. The molecule has 3 heteroatoms. The van der Waals surface area contributed by atoms with Gasteiger partial charge in [-0.05, 0) is 51.5 Å². The fourth-order valence-corrected chi connectivity index (χ4v) is 5.01. The zero-order valence-electron chi connectivity index (χ0n) is 10.9. The summed E-state index contributed by atoms with van der Waals surface area (Å²) in [5.41, 5.74) is 1.59. The zero-order chi connectivity index (χ0) is 11.9. The molecule has 1 aromatic heterocycles. The summed E-state index contributed by atoms with van der Waals surface area (Å²) >= 11 is 1.99. The van der Waals surface area contributed by atoms with Gasteiger partial charge in [0.2, 0.25) is 0 Å². The van der Waals surface area contributed by atoms with Crippen molar-refractivity contribution in [3.8, 4) is 0 Å². The van der Waals surface area contributed by atoms with Crippen LogP contribution >= 0.6 is 11.3 Å². The number of nitrogens with one attached hydrogen (secondary N) is 1. The number of fused-ring (bicyclic) bond motifs is 1. The van der Waals surface area contributed by atoms with Gasteiger partial charge in [-0.15, -0.1) is 11.3 Å². The van der Waals surface area contributed by atoms with Gasteiger partial charge in [0.25, 0.3) is 0 Å². The Morgan fingerprint density at radius 1 is 1.29 bits per heavy atom. The summed E-state index contributed by atoms with van der Waals surface area (Å²) in [6.45, 7) is 2.38. The highest BCUT2D eigenvalue weighted by Gasteiger charge is 2.43. The highest BCUT2D eigenvalue weighted by molar-refractivity contribution is 7.11. The van der Waals surface area contributed by atoms with Crippen molar-refractivity contribution in [2.24, 2.45) is 5.92 Å². The maximum atomic E-state index is 4.98. The van der Waals surface area contributed by atoms with E-state index in [1.54, 1.807) is 4.88 Å². The van der Waals surface area contributed by atoms with Gasteiger partial charge in [-0.3, -0.25) is 0 Å². The van der Waals surface area contributed by atoms with E-state index in [-0.39, 0.29) is 5.54 Å². The van der Waals surface area contributed by atoms with Crippen molar-refractivity contribution >= 4 is 11.3 Å². The second kappa shape index (κ2) is 4.36. The van der Waals surface area contributed by atoms with Crippen LogP contribution in [0.5, 0.6) is 0 Å². The molecule has 0 radical (unpaired) electrons. The average molecular weight is 250 g/mol. The normalized spacial score (nSPS) is 32.7. The second-order valence-corrected chi connectivity index (χ2v) is 6.69. The van der Waals surface area contributed by atoms with Crippen molar-refractivity contribution in [2.45, 2.75) is 57.4 Å². The van der Waals surface area contributed by atoms with Crippen molar-refractivity contribution in [1.82, 2.24) is 10.3 Å². The Bertz CT molecular complexity index is 389. The Balaban J connectivity index is 1.99. The lowest BCUT2D eigenvalue weighted by Gasteiger charge is -2.31. The first-order valence-corrected chi connectivity index (χ1v) is 7.76. The third-order valence-corrected chi connectivity index (χ3v) is 6.06. The fourth-order valence-electron chi connectivity index (χ4n) is 3.52. The van der Waals surface area contributed by atoms with Gasteiger partial charge in [0.15, 0.2) is 0 Å². The van der Waals surface area contributed by atoms with Crippen molar-refractivity contribution in [2.75, 3.05) is 7.05 Å². The van der Waals surface area contributed by atoms with Crippen molar-refractivity contribution in [3.05, 3.63) is 15.6 Å². The minimum atomic E-state index is 0.183. The lowest BCUT2D eigenvalue weighted by Crippen LogP contribution is -2.42. The van der Waals surface area contributed by atoms with Crippen LogP contribution < -0.4 is 5.32 Å². The molecule has 1 heterocycles. The molecule has 2 nitrogen and oxygen atoms in total. The van der Waals surface area contributed by atoms with E-state index < -0.39 is 0 Å². The molecule has 0 saturated heterocycles. The third kappa shape index (κ3) is 1.75. The summed E-state index contributed by atoms with van der Waals surface area (Å²) in [5.74, 6) is 0.722. The Kier molecular flexibility index (Phi) is 2.99. The zero-order valence-corrected chi connectivity index (χ0v) is 11.7. The molecule has 1 N–H and O–H groups in total. The van der Waals surface area contributed by atoms with E-state index in [4.69, 9.17) is 4.98 Å². The number of aromatic nitrogens is 1. The molecule has 3 rings (SSSR count). The molecular weight excluding hydrogens is 228 g/mol. The van der Waals surface area contributed by atoms with Gasteiger partial charge >= 0.3 is 0 Å². The molecule has 0 spiro atoms. The van der Waals surface area contributed by atoms with E-state index in [0.717, 1.165) is 5.92 Å². The molecule has 2 unspecified atom stereocenters. The maximum Gasteiger partial charge on any atom is 0.114 e. The molecule has 2 atom stereocenters. The summed E-state index contributed by atoms with van der Waals surface area (Å²) in [4.78, 5) is 6.55. The molecule has 94 valence electrons. The Morgan fingerprint density at radius 2 is 2.12 bits per heavy atom. The van der Waals surface area contributed by atoms with E-state index in [0.29, 0.717) is 0 Å². The van der Waals surface area contributed by atoms with Gasteiger partial charge in [0, 0.05) is 4.88 Å². The highest BCUT2D eigenvalue weighted by Crippen LogP contribution is 2.45. The van der Waals surface area contributed by atoms with Crippen LogP contribution in [0.25, 0.3) is 0 Å². The summed E-state index contributed by atoms with van der Waals surface area (Å²) < 4.78 is 0. The van der Waals surface area contributed by atoms with Gasteiger partial charge in [-0.25, -0.2) is 4.98 Å². The van der Waals surface area contributed by atoms with E-state index in [9.17, 15) is 0 Å². The molecule has 17 heavy (non-hydrogen) atoms. The molecule has 2 aliphatic carbocycles. The van der Waals surface area contributed by atoms with Crippen LogP contribution in [0, 0.1) is 5.92 Å². The lowest BCUT2D eigenvalue weighted by molar-refractivity contribution is 0.282.